The van der Waals surface area contributed by atoms with Crippen LogP contribution in [0.15, 0.2) is 118 Å². The first-order valence-electron chi connectivity index (χ1n) is 29.2. The molecule has 0 radical (unpaired) electrons. The molecule has 0 atom stereocenters. The van der Waals surface area contributed by atoms with Crippen molar-refractivity contribution in [2.75, 3.05) is 9.71 Å². The molecule has 7 aromatic carbocycles. The van der Waals surface area contributed by atoms with Gasteiger partial charge >= 0.3 is 6.85 Å². The summed E-state index contributed by atoms with van der Waals surface area (Å²) in [5, 5.41) is 6.12. The Labute approximate surface area is 466 Å². The molecule has 3 aliphatic carbocycles. The number of fused-ring (bicyclic) bond motifs is 16. The van der Waals surface area contributed by atoms with Crippen molar-refractivity contribution < 1.29 is 8.83 Å². The van der Waals surface area contributed by atoms with Crippen molar-refractivity contribution in [1.29, 1.82) is 0 Å². The maximum Gasteiger partial charge on any atom is 0.376 e. The van der Waals surface area contributed by atoms with E-state index in [1.807, 2.05) is 11.3 Å². The molecule has 10 aromatic rings. The smallest absolute Gasteiger partial charge is 0.376 e. The lowest BCUT2D eigenvalue weighted by Gasteiger charge is -2.45. The van der Waals surface area contributed by atoms with Crippen LogP contribution in [0.25, 0.3) is 64.2 Å². The fraction of sp³-hybridized carbons (Fsp3) is 0.389. The van der Waals surface area contributed by atoms with Crippen LogP contribution in [0.5, 0.6) is 0 Å². The molecule has 15 rings (SSSR count). The summed E-state index contributed by atoms with van der Waals surface area (Å²) in [5.74, 6) is 0. The molecule has 6 heteroatoms. The van der Waals surface area contributed by atoms with E-state index in [1.165, 1.54) is 117 Å². The topological polar surface area (TPSA) is 32.8 Å². The van der Waals surface area contributed by atoms with Crippen molar-refractivity contribution in [3.8, 4) is 11.1 Å². The lowest BCUT2D eigenvalue weighted by atomic mass is 9.45. The molecule has 0 amide bonds. The van der Waals surface area contributed by atoms with Gasteiger partial charge < -0.3 is 18.5 Å². The number of anilines is 5. The van der Waals surface area contributed by atoms with Crippen molar-refractivity contribution in [3.05, 3.63) is 148 Å². The first kappa shape index (κ1) is 48.9. The van der Waals surface area contributed by atoms with Gasteiger partial charge in [0.05, 0.1) is 5.69 Å². The Bertz CT molecular complexity index is 4280. The Morgan fingerprint density at radius 1 is 0.462 bits per heavy atom. The first-order valence-corrected chi connectivity index (χ1v) is 30.0. The summed E-state index contributed by atoms with van der Waals surface area (Å²) >= 11 is 1.96. The van der Waals surface area contributed by atoms with Crippen LogP contribution in [0.1, 0.15) is 181 Å². The fourth-order valence-electron chi connectivity index (χ4n) is 15.5. The third-order valence-electron chi connectivity index (χ3n) is 20.8. The molecule has 4 nitrogen and oxygen atoms in total. The molecule has 0 N–H and O–H groups in total. The van der Waals surface area contributed by atoms with Crippen LogP contribution >= 0.6 is 11.3 Å². The highest BCUT2D eigenvalue weighted by Gasteiger charge is 2.51. The van der Waals surface area contributed by atoms with Gasteiger partial charge in [0.25, 0.3) is 0 Å². The van der Waals surface area contributed by atoms with Crippen molar-refractivity contribution in [2.24, 2.45) is 0 Å². The summed E-state index contributed by atoms with van der Waals surface area (Å²) in [6, 6.07) is 43.5. The van der Waals surface area contributed by atoms with Gasteiger partial charge in [-0.3, -0.25) is 0 Å². The molecule has 0 saturated carbocycles. The third kappa shape index (κ3) is 6.65. The van der Waals surface area contributed by atoms with E-state index in [0.29, 0.717) is 0 Å². The predicted octanol–water partition coefficient (Wildman–Crippen LogP) is 19.8. The zero-order chi connectivity index (χ0) is 54.3. The van der Waals surface area contributed by atoms with Crippen molar-refractivity contribution in [3.63, 3.8) is 0 Å². The number of hydrogen-bond donors (Lipinski definition) is 0. The lowest BCUT2D eigenvalue weighted by Crippen LogP contribution is -2.61. The van der Waals surface area contributed by atoms with Crippen LogP contribution in [0.4, 0.5) is 28.4 Å². The number of benzene rings is 7. The minimum Gasteiger partial charge on any atom is -0.466 e. The van der Waals surface area contributed by atoms with E-state index in [9.17, 15) is 0 Å². The van der Waals surface area contributed by atoms with Crippen LogP contribution in [0.2, 0.25) is 0 Å². The molecular weight excluding hydrogens is 968 g/mol. The van der Waals surface area contributed by atoms with Crippen LogP contribution in [-0.2, 0) is 37.9 Å². The largest absolute Gasteiger partial charge is 0.466 e. The van der Waals surface area contributed by atoms with E-state index in [-0.39, 0.29) is 44.8 Å². The van der Waals surface area contributed by atoms with E-state index in [0.717, 1.165) is 63.8 Å². The predicted molar refractivity (Wildman–Crippen MR) is 335 cm³/mol. The molecule has 78 heavy (non-hydrogen) atoms. The van der Waals surface area contributed by atoms with Gasteiger partial charge in [-0.15, -0.1) is 11.3 Å². The molecule has 0 spiro atoms. The molecule has 0 saturated heterocycles. The Morgan fingerprint density at radius 2 is 1.00 bits per heavy atom. The molecule has 3 aromatic heterocycles. The van der Waals surface area contributed by atoms with Gasteiger partial charge in [0.2, 0.25) is 0 Å². The van der Waals surface area contributed by atoms with E-state index >= 15 is 0 Å². The van der Waals surface area contributed by atoms with E-state index in [1.54, 1.807) is 0 Å². The van der Waals surface area contributed by atoms with Gasteiger partial charge in [0.15, 0.2) is 0 Å². The van der Waals surface area contributed by atoms with Gasteiger partial charge in [-0.05, 0) is 194 Å². The van der Waals surface area contributed by atoms with Gasteiger partial charge in [-0.2, -0.15) is 0 Å². The number of rotatable bonds is 2. The van der Waals surface area contributed by atoms with Gasteiger partial charge in [0.1, 0.15) is 22.4 Å². The number of thiophene rings is 1. The SMILES string of the molecule is CC(C)(C)c1ccc(N2B3c4oc5cc6c(cc5c4N(c4ccc5c(c4)C(C)(C)CCC5(C)C)c4cc5c(oc7ccccc75)c(c43)-c3cc4c(cc32)sc2cc3c(cc24)C(C)(C)CCC3(C)C)C(C)(C)CCC6(C)C)cc1. The molecule has 0 bridgehead atoms. The molecule has 0 unspecified atom stereocenters. The Balaban J connectivity index is 1.11. The maximum atomic E-state index is 7.84. The summed E-state index contributed by atoms with van der Waals surface area (Å²) in [7, 11) is 0. The Hall–Kier alpha value is -6.24. The molecule has 5 aliphatic rings. The molecule has 2 aliphatic heterocycles. The summed E-state index contributed by atoms with van der Waals surface area (Å²) in [5.41, 5.74) is 23.6. The highest BCUT2D eigenvalue weighted by Crippen LogP contribution is 2.58. The first-order chi connectivity index (χ1) is 36.7. The Morgan fingerprint density at radius 3 is 1.64 bits per heavy atom. The summed E-state index contributed by atoms with van der Waals surface area (Å²) in [4.78, 5) is 5.30. The van der Waals surface area contributed by atoms with E-state index in [4.69, 9.17) is 8.83 Å². The number of nitrogens with zero attached hydrogens (tertiary/aromatic N) is 2. The second kappa shape index (κ2) is 15.4. The zero-order valence-corrected chi connectivity index (χ0v) is 49.6. The number of furan rings is 2. The Kier molecular flexibility index (Phi) is 9.62. The average molecular weight is 1040 g/mol. The van der Waals surface area contributed by atoms with Crippen molar-refractivity contribution >= 4 is 111 Å². The van der Waals surface area contributed by atoms with Crippen LogP contribution in [-0.4, -0.2) is 6.85 Å². The number of hydrogen-bond acceptors (Lipinski definition) is 5. The van der Waals surface area contributed by atoms with E-state index < -0.39 is 0 Å². The van der Waals surface area contributed by atoms with Crippen molar-refractivity contribution in [1.82, 2.24) is 0 Å². The average Bonchev–Trinajstić information content (AvgIpc) is 4.21. The van der Waals surface area contributed by atoms with Gasteiger partial charge in [0, 0.05) is 70.2 Å². The minimum atomic E-state index is -0.328. The third-order valence-corrected chi connectivity index (χ3v) is 21.9. The summed E-state index contributed by atoms with van der Waals surface area (Å²) < 4.78 is 17.8. The minimum absolute atomic E-state index is 0.00207. The normalized spacial score (nSPS) is 20.0. The zero-order valence-electron chi connectivity index (χ0n) is 48.8. The molecule has 5 heterocycles. The van der Waals surface area contributed by atoms with Gasteiger partial charge in [-0.1, -0.05) is 140 Å². The number of para-hydroxylation sites is 1. The second-order valence-corrected chi connectivity index (χ2v) is 30.8. The van der Waals surface area contributed by atoms with Gasteiger partial charge in [-0.25, -0.2) is 0 Å². The van der Waals surface area contributed by atoms with Crippen LogP contribution in [0.3, 0.4) is 0 Å². The highest BCUT2D eigenvalue weighted by molar-refractivity contribution is 7.26. The summed E-state index contributed by atoms with van der Waals surface area (Å²) in [6.45, 7) is 36.1. The van der Waals surface area contributed by atoms with Crippen LogP contribution < -0.4 is 20.8 Å². The quantitative estimate of drug-likeness (QED) is 0.162. The molecular formula is C72H75BN2O2S. The fourth-order valence-corrected chi connectivity index (χ4v) is 16.6. The second-order valence-electron chi connectivity index (χ2n) is 29.7. The maximum absolute atomic E-state index is 7.84. The standard InChI is InChI=1S/C72H75BN2O2S/c1-66(2,3)40-20-22-41(23-21-40)75-55-39-60-44(45-34-51-54(38-59(45)78-60)72(14,15)31-29-69(51,8)9)33-47(55)61-62-56(36-46-43-18-16-17-19-57(43)76-64(46)61)74(42-24-25-49-50(32-42)68(6,7)27-26-67(49,4)5)63-48-35-52-53(37-58(48)77-65(63)73(62)75)71(12,13)30-28-70(52,10)11/h16-25,32-39H,26-31H2,1-15H3. The molecule has 394 valence electrons. The van der Waals surface area contributed by atoms with Crippen molar-refractivity contribution in [2.45, 2.75) is 180 Å². The van der Waals surface area contributed by atoms with E-state index in [2.05, 4.69) is 223 Å². The highest BCUT2D eigenvalue weighted by atomic mass is 32.1. The molecule has 0 fully saturated rings. The summed E-state index contributed by atoms with van der Waals surface area (Å²) in [6.07, 6.45) is 6.95. The lowest BCUT2D eigenvalue weighted by molar-refractivity contribution is 0.332. The monoisotopic (exact) mass is 1040 g/mol. The van der Waals surface area contributed by atoms with Crippen LogP contribution in [0, 0.1) is 0 Å².